The van der Waals surface area contributed by atoms with Crippen molar-refractivity contribution in [3.63, 3.8) is 0 Å². The fourth-order valence-corrected chi connectivity index (χ4v) is 2.03. The van der Waals surface area contributed by atoms with Gasteiger partial charge in [0.1, 0.15) is 12.4 Å². The number of ether oxygens (including phenoxy) is 1. The Balaban J connectivity index is 2.15. The molecule has 1 aromatic rings. The highest BCUT2D eigenvalue weighted by Gasteiger charge is 2.17. The molecule has 2 rings (SSSR count). The summed E-state index contributed by atoms with van der Waals surface area (Å²) in [5.74, 6) is 0.951. The number of nitrogens with one attached hydrogen (secondary N) is 1. The maximum Gasteiger partial charge on any atom is 0.143 e. The summed E-state index contributed by atoms with van der Waals surface area (Å²) in [6.07, 6.45) is 2.35. The van der Waals surface area contributed by atoms with Crippen LogP contribution in [0.2, 0.25) is 0 Å². The van der Waals surface area contributed by atoms with Gasteiger partial charge < -0.3 is 10.1 Å². The molecule has 3 heteroatoms. The number of benzene rings is 1. The molecule has 0 spiro atoms. The van der Waals surface area contributed by atoms with Crippen LogP contribution in [0.4, 0.5) is 5.69 Å². The monoisotopic (exact) mass is 255 g/mol. The van der Waals surface area contributed by atoms with Crippen LogP contribution in [0, 0.1) is 0 Å². The van der Waals surface area contributed by atoms with Gasteiger partial charge in [0.2, 0.25) is 0 Å². The molecule has 1 atom stereocenters. The van der Waals surface area contributed by atoms with E-state index in [4.69, 9.17) is 4.74 Å². The van der Waals surface area contributed by atoms with E-state index in [0.29, 0.717) is 6.04 Å². The number of hydrogen-bond acceptors (Lipinski definition) is 2. The van der Waals surface area contributed by atoms with Crippen molar-refractivity contribution in [2.24, 2.45) is 0 Å². The van der Waals surface area contributed by atoms with Gasteiger partial charge in [0.25, 0.3) is 0 Å². The number of rotatable bonds is 2. The molecule has 1 N–H and O–H groups in total. The van der Waals surface area contributed by atoms with Gasteiger partial charge in [-0.25, -0.2) is 0 Å². The molecule has 0 aromatic heterocycles. The number of fused-ring (bicyclic) bond motifs is 1. The van der Waals surface area contributed by atoms with Crippen LogP contribution in [0.15, 0.2) is 22.7 Å². The standard InChI is InChI=1S/C11H14BrNO/c1-2-3-9-7-14-11-6-8(12)4-5-10(11)13-9/h4-6,9,13H,2-3,7H2,1H3. The first-order valence-corrected chi connectivity index (χ1v) is 5.78. The minimum absolute atomic E-state index is 0.466. The molecule has 76 valence electrons. The summed E-state index contributed by atoms with van der Waals surface area (Å²) in [4.78, 5) is 0. The molecule has 0 bridgehead atoms. The molecule has 0 saturated heterocycles. The normalized spacial score (nSPS) is 19.4. The van der Waals surface area contributed by atoms with Crippen molar-refractivity contribution in [2.75, 3.05) is 11.9 Å². The van der Waals surface area contributed by atoms with Gasteiger partial charge in [0, 0.05) is 4.47 Å². The van der Waals surface area contributed by atoms with E-state index < -0.39 is 0 Å². The fourth-order valence-electron chi connectivity index (χ4n) is 1.69. The Bertz CT molecular complexity index is 327. The Morgan fingerprint density at radius 3 is 3.21 bits per heavy atom. The van der Waals surface area contributed by atoms with Crippen LogP contribution < -0.4 is 10.1 Å². The third-order valence-electron chi connectivity index (χ3n) is 2.38. The van der Waals surface area contributed by atoms with Gasteiger partial charge in [0.15, 0.2) is 0 Å². The molecule has 0 saturated carbocycles. The SMILES string of the molecule is CCCC1COc2cc(Br)ccc2N1. The Labute approximate surface area is 92.8 Å². The maximum atomic E-state index is 5.68. The second-order valence-electron chi connectivity index (χ2n) is 3.58. The molecule has 2 nitrogen and oxygen atoms in total. The topological polar surface area (TPSA) is 21.3 Å². The molecular formula is C11H14BrNO. The zero-order chi connectivity index (χ0) is 9.97. The van der Waals surface area contributed by atoms with Crippen LogP contribution >= 0.6 is 15.9 Å². The van der Waals surface area contributed by atoms with Gasteiger partial charge in [-0.2, -0.15) is 0 Å². The molecule has 1 aromatic carbocycles. The van der Waals surface area contributed by atoms with Gasteiger partial charge in [-0.05, 0) is 24.6 Å². The predicted octanol–water partition coefficient (Wildman–Crippen LogP) is 3.42. The zero-order valence-corrected chi connectivity index (χ0v) is 9.80. The first kappa shape index (κ1) is 9.84. The Kier molecular flexibility index (Phi) is 2.96. The van der Waals surface area contributed by atoms with E-state index in [-0.39, 0.29) is 0 Å². The van der Waals surface area contributed by atoms with E-state index in [1.165, 1.54) is 6.42 Å². The second kappa shape index (κ2) is 4.22. The number of anilines is 1. The molecule has 0 fully saturated rings. The first-order chi connectivity index (χ1) is 6.79. The third kappa shape index (κ3) is 2.03. The van der Waals surface area contributed by atoms with Crippen LogP contribution in [-0.2, 0) is 0 Å². The Hall–Kier alpha value is -0.700. The largest absolute Gasteiger partial charge is 0.489 e. The fraction of sp³-hybridized carbons (Fsp3) is 0.455. The van der Waals surface area contributed by atoms with Crippen LogP contribution in [0.5, 0.6) is 5.75 Å². The average molecular weight is 256 g/mol. The summed E-state index contributed by atoms with van der Waals surface area (Å²) < 4.78 is 6.74. The van der Waals surface area contributed by atoms with Gasteiger partial charge in [-0.3, -0.25) is 0 Å². The highest BCUT2D eigenvalue weighted by molar-refractivity contribution is 9.10. The van der Waals surface area contributed by atoms with Crippen LogP contribution in [0.1, 0.15) is 19.8 Å². The van der Waals surface area contributed by atoms with E-state index >= 15 is 0 Å². The van der Waals surface area contributed by atoms with Crippen molar-refractivity contribution in [1.82, 2.24) is 0 Å². The van der Waals surface area contributed by atoms with Crippen molar-refractivity contribution >= 4 is 21.6 Å². The zero-order valence-electron chi connectivity index (χ0n) is 8.22. The maximum absolute atomic E-state index is 5.68. The highest BCUT2D eigenvalue weighted by atomic mass is 79.9. The summed E-state index contributed by atoms with van der Waals surface area (Å²) >= 11 is 3.43. The highest BCUT2D eigenvalue weighted by Crippen LogP contribution is 2.32. The van der Waals surface area contributed by atoms with Crippen molar-refractivity contribution in [3.05, 3.63) is 22.7 Å². The predicted molar refractivity (Wildman–Crippen MR) is 62.0 cm³/mol. The van der Waals surface area contributed by atoms with Gasteiger partial charge >= 0.3 is 0 Å². The van der Waals surface area contributed by atoms with Crippen molar-refractivity contribution in [2.45, 2.75) is 25.8 Å². The molecular weight excluding hydrogens is 242 g/mol. The lowest BCUT2D eigenvalue weighted by Gasteiger charge is -2.27. The van der Waals surface area contributed by atoms with Gasteiger partial charge in [-0.1, -0.05) is 29.3 Å². The number of hydrogen-bond donors (Lipinski definition) is 1. The minimum atomic E-state index is 0.466. The third-order valence-corrected chi connectivity index (χ3v) is 2.87. The average Bonchev–Trinajstić information content (AvgIpc) is 2.19. The van der Waals surface area contributed by atoms with Crippen LogP contribution in [-0.4, -0.2) is 12.6 Å². The molecule has 0 amide bonds. The minimum Gasteiger partial charge on any atom is -0.489 e. The quantitative estimate of drug-likeness (QED) is 0.875. The van der Waals surface area contributed by atoms with E-state index in [1.54, 1.807) is 0 Å². The van der Waals surface area contributed by atoms with Gasteiger partial charge in [0.05, 0.1) is 11.7 Å². The molecule has 14 heavy (non-hydrogen) atoms. The summed E-state index contributed by atoms with van der Waals surface area (Å²) in [5, 5.41) is 3.48. The van der Waals surface area contributed by atoms with Crippen LogP contribution in [0.25, 0.3) is 0 Å². The molecule has 0 aliphatic carbocycles. The summed E-state index contributed by atoms with van der Waals surface area (Å²) in [7, 11) is 0. The van der Waals surface area contributed by atoms with Crippen molar-refractivity contribution in [1.29, 1.82) is 0 Å². The first-order valence-electron chi connectivity index (χ1n) is 4.98. The molecule has 0 radical (unpaired) electrons. The van der Waals surface area contributed by atoms with Crippen LogP contribution in [0.3, 0.4) is 0 Å². The summed E-state index contributed by atoms with van der Waals surface area (Å²) in [5.41, 5.74) is 1.11. The van der Waals surface area contributed by atoms with Gasteiger partial charge in [-0.15, -0.1) is 0 Å². The lowest BCUT2D eigenvalue weighted by Crippen LogP contribution is -2.31. The molecule has 1 unspecified atom stereocenters. The Morgan fingerprint density at radius 2 is 2.43 bits per heavy atom. The summed E-state index contributed by atoms with van der Waals surface area (Å²) in [6, 6.07) is 6.56. The number of halogens is 1. The lowest BCUT2D eigenvalue weighted by molar-refractivity contribution is 0.277. The van der Waals surface area contributed by atoms with E-state index in [9.17, 15) is 0 Å². The van der Waals surface area contributed by atoms with Crippen molar-refractivity contribution < 1.29 is 4.74 Å². The van der Waals surface area contributed by atoms with E-state index in [1.807, 2.05) is 12.1 Å². The molecule has 1 aliphatic heterocycles. The smallest absolute Gasteiger partial charge is 0.143 e. The van der Waals surface area contributed by atoms with Crippen molar-refractivity contribution in [3.8, 4) is 5.75 Å². The lowest BCUT2D eigenvalue weighted by atomic mass is 10.1. The molecule has 1 aliphatic rings. The van der Waals surface area contributed by atoms with E-state index in [2.05, 4.69) is 34.2 Å². The van der Waals surface area contributed by atoms with E-state index in [0.717, 1.165) is 28.9 Å². The second-order valence-corrected chi connectivity index (χ2v) is 4.50. The molecule has 1 heterocycles. The Morgan fingerprint density at radius 1 is 1.57 bits per heavy atom. The summed E-state index contributed by atoms with van der Waals surface area (Å²) in [6.45, 7) is 2.97.